The zero-order valence-electron chi connectivity index (χ0n) is 11.8. The summed E-state index contributed by atoms with van der Waals surface area (Å²) in [5.74, 6) is 0.605. The molecule has 104 valence electrons. The predicted molar refractivity (Wildman–Crippen MR) is 78.6 cm³/mol. The fraction of sp³-hybridized carbons (Fsp3) is 0.400. The summed E-state index contributed by atoms with van der Waals surface area (Å²) < 4.78 is 0. The second kappa shape index (κ2) is 4.74. The summed E-state index contributed by atoms with van der Waals surface area (Å²) in [6.07, 6.45) is 3.72. The molecule has 20 heavy (non-hydrogen) atoms. The zero-order valence-corrected chi connectivity index (χ0v) is 11.8. The largest absolute Gasteiger partial charge is 0.368 e. The minimum absolute atomic E-state index is 0.138. The number of hydrogen-bond donors (Lipinski definition) is 1. The Morgan fingerprint density at radius 3 is 2.65 bits per heavy atom. The highest BCUT2D eigenvalue weighted by molar-refractivity contribution is 6.04. The van der Waals surface area contributed by atoms with Crippen LogP contribution in [-0.4, -0.2) is 34.9 Å². The Bertz CT molecular complexity index is 677. The molecule has 0 atom stereocenters. The first-order valence-corrected chi connectivity index (χ1v) is 6.85. The van der Waals surface area contributed by atoms with Crippen LogP contribution in [0.25, 0.3) is 10.9 Å². The van der Waals surface area contributed by atoms with Gasteiger partial charge in [-0.3, -0.25) is 4.79 Å². The van der Waals surface area contributed by atoms with E-state index in [1.165, 1.54) is 29.7 Å². The summed E-state index contributed by atoms with van der Waals surface area (Å²) in [6.45, 7) is 0. The van der Waals surface area contributed by atoms with Crippen molar-refractivity contribution in [3.63, 3.8) is 0 Å². The van der Waals surface area contributed by atoms with E-state index < -0.39 is 0 Å². The third-order valence-electron chi connectivity index (χ3n) is 3.92. The molecule has 1 fully saturated rings. The van der Waals surface area contributed by atoms with E-state index in [2.05, 4.69) is 22.1 Å². The van der Waals surface area contributed by atoms with Crippen molar-refractivity contribution in [2.24, 2.45) is 0 Å². The van der Waals surface area contributed by atoms with Gasteiger partial charge in [-0.15, -0.1) is 0 Å². The maximum Gasteiger partial charge on any atom is 0.272 e. The number of amides is 1. The maximum absolute atomic E-state index is 12.3. The number of carbonyl (C=O) groups is 1. The van der Waals surface area contributed by atoms with Crippen LogP contribution < -0.4 is 5.73 Å². The van der Waals surface area contributed by atoms with Crippen LogP contribution in [-0.2, 0) is 0 Å². The van der Waals surface area contributed by atoms with E-state index in [9.17, 15) is 4.79 Å². The van der Waals surface area contributed by atoms with Crippen molar-refractivity contribution in [1.29, 1.82) is 0 Å². The Labute approximate surface area is 117 Å². The Morgan fingerprint density at radius 1 is 1.30 bits per heavy atom. The van der Waals surface area contributed by atoms with Crippen molar-refractivity contribution < 1.29 is 4.79 Å². The SMILES string of the molecule is CN(C)C(=O)c1nc(N)nc2ccc(C3CCC3)cc12. The summed E-state index contributed by atoms with van der Waals surface area (Å²) in [5.41, 5.74) is 8.09. The van der Waals surface area contributed by atoms with Gasteiger partial charge < -0.3 is 10.6 Å². The van der Waals surface area contributed by atoms with Gasteiger partial charge in [0.15, 0.2) is 0 Å². The minimum atomic E-state index is -0.144. The fourth-order valence-corrected chi connectivity index (χ4v) is 2.53. The molecular formula is C15H18N4O. The first-order chi connectivity index (χ1) is 9.56. The lowest BCUT2D eigenvalue weighted by Crippen LogP contribution is -2.23. The summed E-state index contributed by atoms with van der Waals surface area (Å²) in [7, 11) is 3.42. The highest BCUT2D eigenvalue weighted by atomic mass is 16.2. The van der Waals surface area contributed by atoms with Crippen molar-refractivity contribution in [2.45, 2.75) is 25.2 Å². The molecule has 1 aliphatic rings. The van der Waals surface area contributed by atoms with Gasteiger partial charge in [0.1, 0.15) is 5.69 Å². The van der Waals surface area contributed by atoms with Crippen LogP contribution in [0.15, 0.2) is 18.2 Å². The number of anilines is 1. The maximum atomic E-state index is 12.3. The van der Waals surface area contributed by atoms with Crippen LogP contribution in [0.3, 0.4) is 0 Å². The van der Waals surface area contributed by atoms with Gasteiger partial charge in [0, 0.05) is 19.5 Å². The Balaban J connectivity index is 2.17. The lowest BCUT2D eigenvalue weighted by molar-refractivity contribution is 0.0824. The number of nitrogens with zero attached hydrogens (tertiary/aromatic N) is 3. The second-order valence-electron chi connectivity index (χ2n) is 5.53. The molecule has 0 saturated heterocycles. The number of benzene rings is 1. The minimum Gasteiger partial charge on any atom is -0.368 e. The Hall–Kier alpha value is -2.17. The molecule has 5 heteroatoms. The van der Waals surface area contributed by atoms with Crippen molar-refractivity contribution >= 4 is 22.8 Å². The van der Waals surface area contributed by atoms with Crippen molar-refractivity contribution in [2.75, 3.05) is 19.8 Å². The summed E-state index contributed by atoms with van der Waals surface area (Å²) in [6, 6.07) is 6.07. The average Bonchev–Trinajstić information content (AvgIpc) is 2.35. The summed E-state index contributed by atoms with van der Waals surface area (Å²) in [4.78, 5) is 22.1. The van der Waals surface area contributed by atoms with E-state index in [0.29, 0.717) is 11.6 Å². The molecule has 0 spiro atoms. The molecule has 1 heterocycles. The topological polar surface area (TPSA) is 72.1 Å². The predicted octanol–water partition coefficient (Wildman–Crippen LogP) is 2.18. The monoisotopic (exact) mass is 270 g/mol. The number of carbonyl (C=O) groups excluding carboxylic acids is 1. The quantitative estimate of drug-likeness (QED) is 0.907. The first-order valence-electron chi connectivity index (χ1n) is 6.85. The standard InChI is InChI=1S/C15H18N4O/c1-19(2)14(20)13-11-8-10(9-4-3-5-9)6-7-12(11)17-15(16)18-13/h6-9H,3-5H2,1-2H3,(H2,16,17,18). The number of hydrogen-bond acceptors (Lipinski definition) is 4. The molecule has 1 aromatic heterocycles. The average molecular weight is 270 g/mol. The van der Waals surface area contributed by atoms with Gasteiger partial charge in [0.25, 0.3) is 5.91 Å². The van der Waals surface area contributed by atoms with Gasteiger partial charge in [-0.25, -0.2) is 9.97 Å². The summed E-state index contributed by atoms with van der Waals surface area (Å²) in [5, 5.41) is 0.794. The molecule has 1 aliphatic carbocycles. The van der Waals surface area contributed by atoms with Gasteiger partial charge in [-0.05, 0) is 36.5 Å². The molecule has 1 aromatic carbocycles. The van der Waals surface area contributed by atoms with Crippen molar-refractivity contribution in [3.05, 3.63) is 29.5 Å². The van der Waals surface area contributed by atoms with Crippen molar-refractivity contribution in [1.82, 2.24) is 14.9 Å². The first kappa shape index (κ1) is 12.8. The summed E-state index contributed by atoms with van der Waals surface area (Å²) >= 11 is 0. The molecule has 0 unspecified atom stereocenters. The van der Waals surface area contributed by atoms with Crippen LogP contribution in [0.1, 0.15) is 41.2 Å². The molecule has 3 rings (SSSR count). The molecule has 1 amide bonds. The molecule has 2 aromatic rings. The van der Waals surface area contributed by atoms with E-state index in [4.69, 9.17) is 5.73 Å². The normalized spacial score (nSPS) is 15.1. The number of fused-ring (bicyclic) bond motifs is 1. The number of nitrogens with two attached hydrogens (primary N) is 1. The lowest BCUT2D eigenvalue weighted by atomic mass is 9.80. The molecule has 0 aliphatic heterocycles. The molecule has 0 radical (unpaired) electrons. The van der Waals surface area contributed by atoms with Gasteiger partial charge in [0.2, 0.25) is 5.95 Å². The smallest absolute Gasteiger partial charge is 0.272 e. The van der Waals surface area contributed by atoms with E-state index in [1.807, 2.05) is 6.07 Å². The van der Waals surface area contributed by atoms with Crippen LogP contribution in [0.5, 0.6) is 0 Å². The van der Waals surface area contributed by atoms with Gasteiger partial charge in [-0.2, -0.15) is 0 Å². The van der Waals surface area contributed by atoms with Crippen molar-refractivity contribution in [3.8, 4) is 0 Å². The molecular weight excluding hydrogens is 252 g/mol. The molecule has 1 saturated carbocycles. The van der Waals surface area contributed by atoms with Crippen LogP contribution in [0.4, 0.5) is 5.95 Å². The van der Waals surface area contributed by atoms with E-state index in [1.54, 1.807) is 14.1 Å². The molecule has 2 N–H and O–H groups in total. The highest BCUT2D eigenvalue weighted by Gasteiger charge is 2.22. The van der Waals surface area contributed by atoms with E-state index >= 15 is 0 Å². The molecule has 0 bridgehead atoms. The fourth-order valence-electron chi connectivity index (χ4n) is 2.53. The highest BCUT2D eigenvalue weighted by Crippen LogP contribution is 2.37. The van der Waals surface area contributed by atoms with Gasteiger partial charge in [0.05, 0.1) is 5.52 Å². The Morgan fingerprint density at radius 2 is 2.05 bits per heavy atom. The van der Waals surface area contributed by atoms with E-state index in [-0.39, 0.29) is 11.9 Å². The third kappa shape index (κ3) is 2.09. The van der Waals surface area contributed by atoms with Crippen LogP contribution in [0, 0.1) is 0 Å². The second-order valence-corrected chi connectivity index (χ2v) is 5.53. The van der Waals surface area contributed by atoms with Gasteiger partial charge >= 0.3 is 0 Å². The lowest BCUT2D eigenvalue weighted by Gasteiger charge is -2.26. The van der Waals surface area contributed by atoms with Crippen LogP contribution in [0.2, 0.25) is 0 Å². The number of nitrogen functional groups attached to an aromatic ring is 1. The van der Waals surface area contributed by atoms with E-state index in [0.717, 1.165) is 10.9 Å². The zero-order chi connectivity index (χ0) is 14.3. The third-order valence-corrected chi connectivity index (χ3v) is 3.92. The van der Waals surface area contributed by atoms with Gasteiger partial charge in [-0.1, -0.05) is 12.5 Å². The van der Waals surface area contributed by atoms with Crippen LogP contribution >= 0.6 is 0 Å². The number of rotatable bonds is 2. The molecule has 5 nitrogen and oxygen atoms in total. The number of aromatic nitrogens is 2. The Kier molecular flexibility index (Phi) is 3.04.